The molecule has 0 radical (unpaired) electrons. The first-order valence-electron chi connectivity index (χ1n) is 2.74. The number of aliphatic hydroxyl groups is 1. The van der Waals surface area contributed by atoms with E-state index in [-0.39, 0.29) is 12.7 Å². The van der Waals surface area contributed by atoms with Crippen LogP contribution in [0.5, 0.6) is 0 Å². The zero-order chi connectivity index (χ0) is 7.11. The Kier molecular flexibility index (Phi) is 6.36. The number of aliphatic hydroxyl groups excluding tert-OH is 1. The molecule has 0 aromatic carbocycles. The molecule has 0 heterocycles. The number of hydrogen-bond donors (Lipinski definition) is 1. The van der Waals surface area contributed by atoms with E-state index < -0.39 is 0 Å². The van der Waals surface area contributed by atoms with Crippen LogP contribution in [0.15, 0.2) is 12.7 Å². The molecule has 0 saturated heterocycles. The Morgan fingerprint density at radius 1 is 1.78 bits per heavy atom. The Morgan fingerprint density at radius 3 is 2.78 bits per heavy atom. The van der Waals surface area contributed by atoms with Gasteiger partial charge in [0.05, 0.1) is 19.3 Å². The van der Waals surface area contributed by atoms with Gasteiger partial charge in [-0.15, -0.1) is 6.58 Å². The quantitative estimate of drug-likeness (QED) is 0.522. The van der Waals surface area contributed by atoms with Crippen molar-refractivity contribution in [3.63, 3.8) is 0 Å². The predicted octanol–water partition coefficient (Wildman–Crippen LogP) is 0.945. The average molecular weight is 195 g/mol. The molecule has 0 aliphatic heterocycles. The molecule has 0 aromatic rings. The van der Waals surface area contributed by atoms with Gasteiger partial charge in [-0.3, -0.25) is 0 Å². The fraction of sp³-hybridized carbons (Fsp3) is 0.667. The molecule has 54 valence electrons. The van der Waals surface area contributed by atoms with Gasteiger partial charge in [0, 0.05) is 5.33 Å². The van der Waals surface area contributed by atoms with Crippen LogP contribution in [-0.2, 0) is 4.74 Å². The van der Waals surface area contributed by atoms with Crippen LogP contribution >= 0.6 is 15.9 Å². The summed E-state index contributed by atoms with van der Waals surface area (Å²) in [5, 5.41) is 9.23. The molecule has 0 fully saturated rings. The highest BCUT2D eigenvalue weighted by Crippen LogP contribution is 1.95. The van der Waals surface area contributed by atoms with Crippen molar-refractivity contribution in [3.05, 3.63) is 12.7 Å². The molecule has 0 saturated carbocycles. The van der Waals surface area contributed by atoms with E-state index in [0.717, 1.165) is 0 Å². The van der Waals surface area contributed by atoms with E-state index >= 15 is 0 Å². The summed E-state index contributed by atoms with van der Waals surface area (Å²) in [6.45, 7) is 4.03. The van der Waals surface area contributed by atoms with Gasteiger partial charge in [-0.25, -0.2) is 0 Å². The molecule has 0 amide bonds. The first-order chi connectivity index (χ1) is 4.35. The predicted molar refractivity (Wildman–Crippen MR) is 40.8 cm³/mol. The minimum Gasteiger partial charge on any atom is -0.394 e. The van der Waals surface area contributed by atoms with Crippen LogP contribution in [0.3, 0.4) is 0 Å². The topological polar surface area (TPSA) is 29.5 Å². The maximum atomic E-state index is 8.56. The normalized spacial score (nSPS) is 13.1. The molecule has 0 rings (SSSR count). The number of halogens is 1. The number of hydrogen-bond acceptors (Lipinski definition) is 2. The summed E-state index contributed by atoms with van der Waals surface area (Å²) in [6.07, 6.45) is 1.56. The molecule has 1 N–H and O–H groups in total. The van der Waals surface area contributed by atoms with Crippen LogP contribution in [0.25, 0.3) is 0 Å². The van der Waals surface area contributed by atoms with Crippen LogP contribution in [0.4, 0.5) is 0 Å². The fourth-order valence-electron chi connectivity index (χ4n) is 0.350. The van der Waals surface area contributed by atoms with E-state index in [2.05, 4.69) is 22.5 Å². The van der Waals surface area contributed by atoms with Crippen molar-refractivity contribution in [1.82, 2.24) is 0 Å². The van der Waals surface area contributed by atoms with Gasteiger partial charge in [0.1, 0.15) is 0 Å². The number of ether oxygens (including phenoxy) is 1. The van der Waals surface area contributed by atoms with Gasteiger partial charge in [0.2, 0.25) is 0 Å². The summed E-state index contributed by atoms with van der Waals surface area (Å²) in [6, 6.07) is 0. The second kappa shape index (κ2) is 6.26. The van der Waals surface area contributed by atoms with Crippen molar-refractivity contribution < 1.29 is 9.84 Å². The van der Waals surface area contributed by atoms with Crippen LogP contribution in [-0.4, -0.2) is 29.8 Å². The van der Waals surface area contributed by atoms with Crippen LogP contribution in [0.1, 0.15) is 0 Å². The number of rotatable bonds is 5. The van der Waals surface area contributed by atoms with Gasteiger partial charge < -0.3 is 9.84 Å². The first kappa shape index (κ1) is 9.14. The molecule has 0 aromatic heterocycles. The van der Waals surface area contributed by atoms with Gasteiger partial charge in [0.15, 0.2) is 0 Å². The maximum Gasteiger partial charge on any atom is 0.0906 e. The second-order valence-electron chi connectivity index (χ2n) is 1.58. The highest BCUT2D eigenvalue weighted by atomic mass is 79.9. The van der Waals surface area contributed by atoms with E-state index in [1.165, 1.54) is 0 Å². The average Bonchev–Trinajstić information content (AvgIpc) is 1.91. The third-order valence-corrected chi connectivity index (χ3v) is 1.55. The molecular weight excluding hydrogens is 184 g/mol. The largest absolute Gasteiger partial charge is 0.394 e. The fourth-order valence-corrected chi connectivity index (χ4v) is 0.742. The smallest absolute Gasteiger partial charge is 0.0906 e. The van der Waals surface area contributed by atoms with Crippen molar-refractivity contribution >= 4 is 15.9 Å². The first-order valence-corrected chi connectivity index (χ1v) is 3.86. The van der Waals surface area contributed by atoms with E-state index in [0.29, 0.717) is 11.9 Å². The lowest BCUT2D eigenvalue weighted by Crippen LogP contribution is -2.18. The lowest BCUT2D eigenvalue weighted by Gasteiger charge is -2.09. The molecule has 0 aliphatic rings. The molecule has 9 heavy (non-hydrogen) atoms. The lowest BCUT2D eigenvalue weighted by atomic mass is 10.4. The van der Waals surface area contributed by atoms with E-state index in [9.17, 15) is 0 Å². The van der Waals surface area contributed by atoms with Crippen molar-refractivity contribution in [3.8, 4) is 0 Å². The molecular formula is C6H11BrO2. The summed E-state index contributed by atoms with van der Waals surface area (Å²) in [4.78, 5) is 0. The Hall–Kier alpha value is 0.140. The third kappa shape index (κ3) is 4.63. The Balaban J connectivity index is 3.19. The Labute approximate surface area is 63.6 Å². The minimum atomic E-state index is -0.0944. The van der Waals surface area contributed by atoms with Gasteiger partial charge in [-0.2, -0.15) is 0 Å². The van der Waals surface area contributed by atoms with Gasteiger partial charge >= 0.3 is 0 Å². The van der Waals surface area contributed by atoms with Crippen molar-refractivity contribution in [2.75, 3.05) is 18.5 Å². The Bertz CT molecular complexity index is 71.5. The SMILES string of the molecule is C=CCOC(CO)CBr. The second-order valence-corrected chi connectivity index (χ2v) is 2.23. The Morgan fingerprint density at radius 2 is 2.44 bits per heavy atom. The van der Waals surface area contributed by atoms with Gasteiger partial charge in [0.25, 0.3) is 0 Å². The third-order valence-electron chi connectivity index (χ3n) is 0.826. The summed E-state index contributed by atoms with van der Waals surface area (Å²) < 4.78 is 5.07. The zero-order valence-corrected chi connectivity index (χ0v) is 6.80. The van der Waals surface area contributed by atoms with Crippen LogP contribution in [0, 0.1) is 0 Å². The summed E-state index contributed by atoms with van der Waals surface area (Å²) in [7, 11) is 0. The summed E-state index contributed by atoms with van der Waals surface area (Å²) in [5.74, 6) is 0. The molecule has 1 unspecified atom stereocenters. The highest BCUT2D eigenvalue weighted by molar-refractivity contribution is 9.09. The number of alkyl halides is 1. The van der Waals surface area contributed by atoms with E-state index in [1.807, 2.05) is 0 Å². The van der Waals surface area contributed by atoms with E-state index in [1.54, 1.807) is 6.08 Å². The van der Waals surface area contributed by atoms with Gasteiger partial charge in [-0.05, 0) is 0 Å². The molecule has 2 nitrogen and oxygen atoms in total. The maximum absolute atomic E-state index is 8.56. The van der Waals surface area contributed by atoms with Crippen LogP contribution < -0.4 is 0 Å². The van der Waals surface area contributed by atoms with Crippen LogP contribution in [0.2, 0.25) is 0 Å². The van der Waals surface area contributed by atoms with E-state index in [4.69, 9.17) is 9.84 Å². The molecule has 1 atom stereocenters. The van der Waals surface area contributed by atoms with Crippen molar-refractivity contribution in [2.45, 2.75) is 6.10 Å². The summed E-state index contributed by atoms with van der Waals surface area (Å²) >= 11 is 3.19. The lowest BCUT2D eigenvalue weighted by molar-refractivity contribution is 0.0452. The molecule has 3 heteroatoms. The van der Waals surface area contributed by atoms with Crippen molar-refractivity contribution in [1.29, 1.82) is 0 Å². The molecule has 0 spiro atoms. The minimum absolute atomic E-state index is 0.0547. The monoisotopic (exact) mass is 194 g/mol. The van der Waals surface area contributed by atoms with Gasteiger partial charge in [-0.1, -0.05) is 22.0 Å². The standard InChI is InChI=1S/C6H11BrO2/c1-2-3-9-6(4-7)5-8/h2,6,8H,1,3-5H2. The molecule has 0 bridgehead atoms. The summed E-state index contributed by atoms with van der Waals surface area (Å²) in [5.41, 5.74) is 0. The molecule has 0 aliphatic carbocycles. The zero-order valence-electron chi connectivity index (χ0n) is 5.22. The highest BCUT2D eigenvalue weighted by Gasteiger charge is 2.01. The van der Waals surface area contributed by atoms with Crippen molar-refractivity contribution in [2.24, 2.45) is 0 Å².